The van der Waals surface area contributed by atoms with Crippen LogP contribution < -0.4 is 10.1 Å². The molecule has 4 heteroatoms. The maximum absolute atomic E-state index is 8.67. The molecule has 0 heterocycles. The van der Waals surface area contributed by atoms with Gasteiger partial charge >= 0.3 is 0 Å². The number of ether oxygens (including phenoxy) is 1. The Morgan fingerprint density at radius 2 is 2.00 bits per heavy atom. The van der Waals surface area contributed by atoms with Crippen LogP contribution >= 0.6 is 11.8 Å². The fraction of sp³-hybridized carbons (Fsp3) is 0.600. The zero-order valence-corrected chi connectivity index (χ0v) is 12.7. The van der Waals surface area contributed by atoms with Crippen LogP contribution in [0, 0.1) is 0 Å². The van der Waals surface area contributed by atoms with Crippen LogP contribution in [0.4, 0.5) is 0 Å². The van der Waals surface area contributed by atoms with E-state index in [0.29, 0.717) is 12.6 Å². The van der Waals surface area contributed by atoms with Gasteiger partial charge in [0.15, 0.2) is 0 Å². The molecule has 0 radical (unpaired) electrons. The highest BCUT2D eigenvalue weighted by Crippen LogP contribution is 2.12. The molecule has 19 heavy (non-hydrogen) atoms. The largest absolute Gasteiger partial charge is 0.497 e. The van der Waals surface area contributed by atoms with Gasteiger partial charge in [0.2, 0.25) is 0 Å². The molecule has 1 aromatic carbocycles. The van der Waals surface area contributed by atoms with Crippen LogP contribution in [-0.4, -0.2) is 42.9 Å². The van der Waals surface area contributed by atoms with Crippen molar-refractivity contribution in [2.24, 2.45) is 0 Å². The third-order valence-corrected chi connectivity index (χ3v) is 3.96. The number of rotatable bonds is 10. The van der Waals surface area contributed by atoms with Gasteiger partial charge < -0.3 is 15.2 Å². The number of benzene rings is 1. The zero-order chi connectivity index (χ0) is 13.9. The second-order valence-corrected chi connectivity index (χ2v) is 5.82. The molecule has 0 amide bonds. The summed E-state index contributed by atoms with van der Waals surface area (Å²) in [6, 6.07) is 8.73. The maximum atomic E-state index is 8.67. The summed E-state index contributed by atoms with van der Waals surface area (Å²) in [5.74, 6) is 3.06. The summed E-state index contributed by atoms with van der Waals surface area (Å²) in [6.07, 6.45) is 1.93. The van der Waals surface area contributed by atoms with Crippen LogP contribution in [0.25, 0.3) is 0 Å². The van der Waals surface area contributed by atoms with E-state index in [1.54, 1.807) is 7.11 Å². The third kappa shape index (κ3) is 7.45. The van der Waals surface area contributed by atoms with Gasteiger partial charge in [-0.1, -0.05) is 12.1 Å². The lowest BCUT2D eigenvalue weighted by atomic mass is 10.1. The second-order valence-electron chi connectivity index (χ2n) is 4.60. The average Bonchev–Trinajstić information content (AvgIpc) is 2.43. The Morgan fingerprint density at radius 3 is 2.63 bits per heavy atom. The molecule has 0 aliphatic carbocycles. The van der Waals surface area contributed by atoms with E-state index in [4.69, 9.17) is 9.84 Å². The molecule has 0 aliphatic rings. The van der Waals surface area contributed by atoms with Crippen LogP contribution in [0.15, 0.2) is 24.3 Å². The highest BCUT2D eigenvalue weighted by Gasteiger charge is 2.03. The number of hydrogen-bond acceptors (Lipinski definition) is 4. The van der Waals surface area contributed by atoms with Crippen molar-refractivity contribution in [3.05, 3.63) is 29.8 Å². The highest BCUT2D eigenvalue weighted by molar-refractivity contribution is 7.99. The quantitative estimate of drug-likeness (QED) is 0.647. The lowest BCUT2D eigenvalue weighted by molar-refractivity contribution is 0.296. The second kappa shape index (κ2) is 10.1. The molecule has 1 unspecified atom stereocenters. The van der Waals surface area contributed by atoms with Crippen LogP contribution in [0.2, 0.25) is 0 Å². The van der Waals surface area contributed by atoms with Gasteiger partial charge in [-0.3, -0.25) is 0 Å². The minimum absolute atomic E-state index is 0.300. The lowest BCUT2D eigenvalue weighted by Gasteiger charge is -2.14. The molecule has 0 aliphatic heterocycles. The van der Waals surface area contributed by atoms with Crippen LogP contribution in [-0.2, 0) is 6.42 Å². The minimum atomic E-state index is 0.300. The predicted octanol–water partition coefficient (Wildman–Crippen LogP) is 2.33. The summed E-state index contributed by atoms with van der Waals surface area (Å²) in [5, 5.41) is 12.2. The molecule has 2 N–H and O–H groups in total. The maximum Gasteiger partial charge on any atom is 0.118 e. The first-order valence-electron chi connectivity index (χ1n) is 6.81. The fourth-order valence-electron chi connectivity index (χ4n) is 1.83. The summed E-state index contributed by atoms with van der Waals surface area (Å²) >= 11 is 1.89. The van der Waals surface area contributed by atoms with Gasteiger partial charge in [-0.2, -0.15) is 11.8 Å². The van der Waals surface area contributed by atoms with Crippen molar-refractivity contribution in [1.29, 1.82) is 0 Å². The zero-order valence-electron chi connectivity index (χ0n) is 11.9. The van der Waals surface area contributed by atoms with Crippen molar-refractivity contribution in [1.82, 2.24) is 5.32 Å². The van der Waals surface area contributed by atoms with Crippen molar-refractivity contribution in [3.63, 3.8) is 0 Å². The molecule has 0 saturated heterocycles. The Labute approximate surface area is 120 Å². The Morgan fingerprint density at radius 1 is 1.26 bits per heavy atom. The van der Waals surface area contributed by atoms with Crippen LogP contribution in [0.5, 0.6) is 5.75 Å². The van der Waals surface area contributed by atoms with Gasteiger partial charge in [-0.15, -0.1) is 0 Å². The molecule has 0 saturated carbocycles. The summed E-state index contributed by atoms with van der Waals surface area (Å²) in [7, 11) is 1.69. The normalized spacial score (nSPS) is 12.4. The number of aliphatic hydroxyl groups excluding tert-OH is 1. The van der Waals surface area contributed by atoms with E-state index in [2.05, 4.69) is 24.4 Å². The van der Waals surface area contributed by atoms with Gasteiger partial charge in [0.05, 0.1) is 7.11 Å². The number of methoxy groups -OCH3 is 1. The molecule has 0 spiro atoms. The van der Waals surface area contributed by atoms with Crippen LogP contribution in [0.1, 0.15) is 18.9 Å². The van der Waals surface area contributed by atoms with E-state index in [0.717, 1.165) is 36.6 Å². The van der Waals surface area contributed by atoms with E-state index in [9.17, 15) is 0 Å². The Balaban J connectivity index is 2.14. The summed E-state index contributed by atoms with van der Waals surface area (Å²) in [4.78, 5) is 0. The Hall–Kier alpha value is -0.710. The molecular formula is C15H25NO2S. The summed E-state index contributed by atoms with van der Waals surface area (Å²) in [6.45, 7) is 3.53. The van der Waals surface area contributed by atoms with Gasteiger partial charge in [-0.25, -0.2) is 0 Å². The van der Waals surface area contributed by atoms with Crippen molar-refractivity contribution < 1.29 is 9.84 Å². The van der Waals surface area contributed by atoms with E-state index >= 15 is 0 Å². The molecule has 0 bridgehead atoms. The first kappa shape index (κ1) is 16.3. The monoisotopic (exact) mass is 283 g/mol. The Bertz CT molecular complexity index is 329. The fourth-order valence-corrected chi connectivity index (χ4v) is 2.63. The summed E-state index contributed by atoms with van der Waals surface area (Å²) in [5.41, 5.74) is 1.33. The third-order valence-electron chi connectivity index (χ3n) is 2.89. The van der Waals surface area contributed by atoms with Gasteiger partial charge in [-0.05, 0) is 43.2 Å². The van der Waals surface area contributed by atoms with E-state index in [-0.39, 0.29) is 0 Å². The molecule has 1 atom stereocenters. The minimum Gasteiger partial charge on any atom is -0.497 e. The van der Waals surface area contributed by atoms with E-state index in [1.165, 1.54) is 5.56 Å². The number of nitrogens with one attached hydrogen (secondary N) is 1. The Kier molecular flexibility index (Phi) is 8.71. The standard InChI is InChI=1S/C15H25NO2S/c1-13(16-8-11-19-10-3-9-17)12-14-4-6-15(18-2)7-5-14/h4-7,13,16-17H,3,8-12H2,1-2H3. The molecular weight excluding hydrogens is 258 g/mol. The topological polar surface area (TPSA) is 41.5 Å². The van der Waals surface area contributed by atoms with Crippen LogP contribution in [0.3, 0.4) is 0 Å². The van der Waals surface area contributed by atoms with Crippen molar-refractivity contribution in [3.8, 4) is 5.75 Å². The number of aliphatic hydroxyl groups is 1. The molecule has 0 fully saturated rings. The molecule has 1 rings (SSSR count). The predicted molar refractivity (Wildman–Crippen MR) is 83.2 cm³/mol. The highest BCUT2D eigenvalue weighted by atomic mass is 32.2. The van der Waals surface area contributed by atoms with Gasteiger partial charge in [0, 0.05) is 24.9 Å². The van der Waals surface area contributed by atoms with Gasteiger partial charge in [0.25, 0.3) is 0 Å². The lowest BCUT2D eigenvalue weighted by Crippen LogP contribution is -2.30. The molecule has 1 aromatic rings. The van der Waals surface area contributed by atoms with E-state index in [1.807, 2.05) is 23.9 Å². The molecule has 108 valence electrons. The van der Waals surface area contributed by atoms with Gasteiger partial charge in [0.1, 0.15) is 5.75 Å². The average molecular weight is 283 g/mol. The summed E-state index contributed by atoms with van der Waals surface area (Å²) < 4.78 is 5.15. The van der Waals surface area contributed by atoms with Crippen molar-refractivity contribution in [2.75, 3.05) is 31.8 Å². The first-order chi connectivity index (χ1) is 9.26. The SMILES string of the molecule is COc1ccc(CC(C)NCCSCCCO)cc1. The van der Waals surface area contributed by atoms with Crippen molar-refractivity contribution in [2.45, 2.75) is 25.8 Å². The number of thioether (sulfide) groups is 1. The molecule has 3 nitrogen and oxygen atoms in total. The molecule has 0 aromatic heterocycles. The number of hydrogen-bond donors (Lipinski definition) is 2. The first-order valence-corrected chi connectivity index (χ1v) is 7.96. The smallest absolute Gasteiger partial charge is 0.118 e. The van der Waals surface area contributed by atoms with E-state index < -0.39 is 0 Å². The van der Waals surface area contributed by atoms with Crippen molar-refractivity contribution >= 4 is 11.8 Å².